The van der Waals surface area contributed by atoms with Crippen LogP contribution in [0.1, 0.15) is 17.5 Å². The zero-order valence-electron chi connectivity index (χ0n) is 10.3. The minimum atomic E-state index is -2.94. The molecule has 0 aromatic heterocycles. The van der Waals surface area contributed by atoms with Gasteiger partial charge in [-0.1, -0.05) is 24.3 Å². The second-order valence-electron chi connectivity index (χ2n) is 4.77. The Morgan fingerprint density at radius 3 is 2.72 bits per heavy atom. The zero-order chi connectivity index (χ0) is 13.2. The van der Waals surface area contributed by atoms with Crippen LogP contribution < -0.4 is 5.32 Å². The Bertz CT molecular complexity index is 551. The summed E-state index contributed by atoms with van der Waals surface area (Å²) in [5.41, 5.74) is 2.06. The van der Waals surface area contributed by atoms with Crippen LogP contribution in [0.3, 0.4) is 0 Å². The van der Waals surface area contributed by atoms with Crippen molar-refractivity contribution in [2.75, 3.05) is 11.5 Å². The molecule has 0 radical (unpaired) electrons. The molecule has 0 spiro atoms. The largest absolute Gasteiger partial charge is 0.352 e. The van der Waals surface area contributed by atoms with Gasteiger partial charge in [0, 0.05) is 6.04 Å². The number of hydrogen-bond donors (Lipinski definition) is 1. The van der Waals surface area contributed by atoms with E-state index in [4.69, 9.17) is 0 Å². The Hall–Kier alpha value is -1.36. The van der Waals surface area contributed by atoms with Crippen LogP contribution in [0.4, 0.5) is 0 Å². The van der Waals surface area contributed by atoms with Crippen molar-refractivity contribution in [3.8, 4) is 0 Å². The van der Waals surface area contributed by atoms with Crippen molar-refractivity contribution in [1.29, 1.82) is 0 Å². The number of carbonyl (C=O) groups is 1. The molecule has 18 heavy (non-hydrogen) atoms. The summed E-state index contributed by atoms with van der Waals surface area (Å²) in [5, 5.41) is 2.79. The molecular weight excluding hydrogens is 250 g/mol. The molecule has 1 amide bonds. The summed E-state index contributed by atoms with van der Waals surface area (Å²) in [6.45, 7) is 1.96. The molecule has 2 rings (SSSR count). The van der Waals surface area contributed by atoms with Crippen molar-refractivity contribution in [3.05, 3.63) is 35.4 Å². The van der Waals surface area contributed by atoms with Crippen LogP contribution in [0.15, 0.2) is 24.3 Å². The lowest BCUT2D eigenvalue weighted by Crippen LogP contribution is -2.36. The zero-order valence-corrected chi connectivity index (χ0v) is 11.2. The average Bonchev–Trinajstić information content (AvgIpc) is 2.61. The molecule has 1 saturated heterocycles. The van der Waals surface area contributed by atoms with Gasteiger partial charge in [0.05, 0.1) is 17.9 Å². The topological polar surface area (TPSA) is 63.2 Å². The van der Waals surface area contributed by atoms with Gasteiger partial charge in [0.15, 0.2) is 9.84 Å². The predicted molar refractivity (Wildman–Crippen MR) is 70.1 cm³/mol. The van der Waals surface area contributed by atoms with Crippen LogP contribution in [0.2, 0.25) is 0 Å². The van der Waals surface area contributed by atoms with E-state index in [1.165, 1.54) is 0 Å². The molecule has 4 nitrogen and oxygen atoms in total. The Balaban J connectivity index is 1.92. The Morgan fingerprint density at radius 2 is 2.11 bits per heavy atom. The predicted octanol–water partition coefficient (Wildman–Crippen LogP) is 0.841. The van der Waals surface area contributed by atoms with Gasteiger partial charge in [0.1, 0.15) is 0 Å². The van der Waals surface area contributed by atoms with E-state index in [1.807, 2.05) is 31.2 Å². The number of sulfone groups is 1. The molecule has 0 unspecified atom stereocenters. The van der Waals surface area contributed by atoms with Crippen molar-refractivity contribution in [2.45, 2.75) is 25.8 Å². The first-order chi connectivity index (χ1) is 8.46. The fraction of sp³-hybridized carbons (Fsp3) is 0.462. The molecule has 98 valence electrons. The second-order valence-corrected chi connectivity index (χ2v) is 7.00. The van der Waals surface area contributed by atoms with Crippen LogP contribution in [0.5, 0.6) is 0 Å². The van der Waals surface area contributed by atoms with E-state index >= 15 is 0 Å². The maximum atomic E-state index is 11.8. The van der Waals surface area contributed by atoms with Crippen LogP contribution in [0.25, 0.3) is 0 Å². The Kier molecular flexibility index (Phi) is 3.71. The molecule has 1 aliphatic heterocycles. The SMILES string of the molecule is Cc1ccccc1CC(=O)N[C@@H]1CCS(=O)(=O)C1. The van der Waals surface area contributed by atoms with Gasteiger partial charge < -0.3 is 5.32 Å². The van der Waals surface area contributed by atoms with Crippen molar-refractivity contribution < 1.29 is 13.2 Å². The van der Waals surface area contributed by atoms with Gasteiger partial charge >= 0.3 is 0 Å². The molecule has 0 bridgehead atoms. The molecule has 0 saturated carbocycles. The van der Waals surface area contributed by atoms with Gasteiger partial charge in [-0.15, -0.1) is 0 Å². The Labute approximate surface area is 107 Å². The molecule has 1 heterocycles. The van der Waals surface area contributed by atoms with Crippen LogP contribution >= 0.6 is 0 Å². The summed E-state index contributed by atoms with van der Waals surface area (Å²) in [4.78, 5) is 11.8. The van der Waals surface area contributed by atoms with Crippen molar-refractivity contribution >= 4 is 15.7 Å². The summed E-state index contributed by atoms with van der Waals surface area (Å²) in [6.07, 6.45) is 0.838. The van der Waals surface area contributed by atoms with E-state index in [2.05, 4.69) is 5.32 Å². The average molecular weight is 267 g/mol. The highest BCUT2D eigenvalue weighted by Crippen LogP contribution is 2.12. The number of amides is 1. The standard InChI is InChI=1S/C13H17NO3S/c1-10-4-2-3-5-11(10)8-13(15)14-12-6-7-18(16,17)9-12/h2-5,12H,6-9H2,1H3,(H,14,15)/t12-/m1/s1. The number of benzene rings is 1. The first kappa shape index (κ1) is 13.1. The first-order valence-electron chi connectivity index (χ1n) is 6.00. The smallest absolute Gasteiger partial charge is 0.224 e. The third-order valence-electron chi connectivity index (χ3n) is 3.21. The lowest BCUT2D eigenvalue weighted by molar-refractivity contribution is -0.121. The van der Waals surface area contributed by atoms with E-state index in [1.54, 1.807) is 0 Å². The summed E-state index contributed by atoms with van der Waals surface area (Å²) in [6, 6.07) is 7.49. The number of carbonyl (C=O) groups excluding carboxylic acids is 1. The van der Waals surface area contributed by atoms with Crippen molar-refractivity contribution in [3.63, 3.8) is 0 Å². The van der Waals surface area contributed by atoms with E-state index in [0.29, 0.717) is 12.8 Å². The van der Waals surface area contributed by atoms with E-state index in [-0.39, 0.29) is 23.5 Å². The molecule has 1 N–H and O–H groups in total. The minimum absolute atomic E-state index is 0.0759. The highest BCUT2D eigenvalue weighted by Gasteiger charge is 2.28. The maximum absolute atomic E-state index is 11.8. The third kappa shape index (κ3) is 3.32. The summed E-state index contributed by atoms with van der Waals surface area (Å²) in [5.74, 6) is 0.154. The molecule has 5 heteroatoms. The summed E-state index contributed by atoms with van der Waals surface area (Å²) >= 11 is 0. The molecule has 1 fully saturated rings. The van der Waals surface area contributed by atoms with Crippen LogP contribution in [0, 0.1) is 6.92 Å². The van der Waals surface area contributed by atoms with Gasteiger partial charge in [-0.05, 0) is 24.5 Å². The molecule has 1 aromatic carbocycles. The number of hydrogen-bond acceptors (Lipinski definition) is 3. The van der Waals surface area contributed by atoms with Gasteiger partial charge in [-0.3, -0.25) is 4.79 Å². The Morgan fingerprint density at radius 1 is 1.39 bits per heavy atom. The lowest BCUT2D eigenvalue weighted by Gasteiger charge is -2.11. The van der Waals surface area contributed by atoms with E-state index in [9.17, 15) is 13.2 Å². The molecule has 1 atom stereocenters. The number of aryl methyl sites for hydroxylation is 1. The first-order valence-corrected chi connectivity index (χ1v) is 7.83. The fourth-order valence-electron chi connectivity index (χ4n) is 2.17. The quantitative estimate of drug-likeness (QED) is 0.882. The van der Waals surface area contributed by atoms with E-state index < -0.39 is 9.84 Å². The second kappa shape index (κ2) is 5.10. The molecule has 0 aliphatic carbocycles. The van der Waals surface area contributed by atoms with Gasteiger partial charge in [-0.25, -0.2) is 8.42 Å². The van der Waals surface area contributed by atoms with Crippen LogP contribution in [-0.4, -0.2) is 31.9 Å². The monoisotopic (exact) mass is 267 g/mol. The highest BCUT2D eigenvalue weighted by molar-refractivity contribution is 7.91. The summed E-state index contributed by atoms with van der Waals surface area (Å²) < 4.78 is 22.6. The molecule has 1 aromatic rings. The minimum Gasteiger partial charge on any atom is -0.352 e. The third-order valence-corrected chi connectivity index (χ3v) is 4.98. The lowest BCUT2D eigenvalue weighted by atomic mass is 10.1. The molecular formula is C13H17NO3S. The van der Waals surface area contributed by atoms with Gasteiger partial charge in [-0.2, -0.15) is 0 Å². The normalized spacial score (nSPS) is 21.7. The fourth-order valence-corrected chi connectivity index (χ4v) is 3.84. The van der Waals surface area contributed by atoms with Crippen molar-refractivity contribution in [2.24, 2.45) is 0 Å². The van der Waals surface area contributed by atoms with Gasteiger partial charge in [0.2, 0.25) is 5.91 Å². The van der Waals surface area contributed by atoms with E-state index in [0.717, 1.165) is 11.1 Å². The number of rotatable bonds is 3. The molecule has 1 aliphatic rings. The van der Waals surface area contributed by atoms with Gasteiger partial charge in [0.25, 0.3) is 0 Å². The highest BCUT2D eigenvalue weighted by atomic mass is 32.2. The van der Waals surface area contributed by atoms with Crippen LogP contribution in [-0.2, 0) is 21.1 Å². The number of nitrogens with one attached hydrogen (secondary N) is 1. The summed E-state index contributed by atoms with van der Waals surface area (Å²) in [7, 11) is -2.94. The maximum Gasteiger partial charge on any atom is 0.224 e. The van der Waals surface area contributed by atoms with Crippen molar-refractivity contribution in [1.82, 2.24) is 5.32 Å².